The van der Waals surface area contributed by atoms with E-state index >= 15 is 0 Å². The van der Waals surface area contributed by atoms with Crippen molar-refractivity contribution >= 4 is 23.0 Å². The Labute approximate surface area is 110 Å². The van der Waals surface area contributed by atoms with Gasteiger partial charge in [0.1, 0.15) is 11.6 Å². The van der Waals surface area contributed by atoms with Gasteiger partial charge < -0.3 is 10.0 Å². The Morgan fingerprint density at radius 2 is 2.05 bits per heavy atom. The molecule has 1 aromatic heterocycles. The average Bonchev–Trinajstić information content (AvgIpc) is 2.80. The Hall–Kier alpha value is -2.24. The zero-order valence-electron chi connectivity index (χ0n) is 10.5. The van der Waals surface area contributed by atoms with Gasteiger partial charge >= 0.3 is 5.97 Å². The predicted molar refractivity (Wildman–Crippen MR) is 69.9 cm³/mol. The summed E-state index contributed by atoms with van der Waals surface area (Å²) in [6.45, 7) is 2.59. The van der Waals surface area contributed by atoms with Gasteiger partial charge in [-0.15, -0.1) is 10.2 Å². The van der Waals surface area contributed by atoms with Crippen LogP contribution in [-0.2, 0) is 4.79 Å². The fourth-order valence-corrected chi connectivity index (χ4v) is 2.54. The van der Waals surface area contributed by atoms with E-state index in [4.69, 9.17) is 0 Å². The molecule has 1 saturated heterocycles. The summed E-state index contributed by atoms with van der Waals surface area (Å²) in [6.07, 6.45) is 0.827. The maximum Gasteiger partial charge on any atom is 0.326 e. The van der Waals surface area contributed by atoms with Crippen molar-refractivity contribution in [2.24, 2.45) is 5.92 Å². The number of aliphatic carboxylic acids is 1. The first-order valence-electron chi connectivity index (χ1n) is 6.26. The Morgan fingerprint density at radius 1 is 1.32 bits per heavy atom. The molecule has 6 nitrogen and oxygen atoms in total. The largest absolute Gasteiger partial charge is 0.480 e. The lowest BCUT2D eigenvalue weighted by Gasteiger charge is -2.22. The molecule has 0 bridgehead atoms. The smallest absolute Gasteiger partial charge is 0.326 e. The van der Waals surface area contributed by atoms with Crippen LogP contribution in [0.3, 0.4) is 0 Å². The second kappa shape index (κ2) is 4.46. The Morgan fingerprint density at radius 3 is 2.79 bits per heavy atom. The monoisotopic (exact) mass is 258 g/mol. The van der Waals surface area contributed by atoms with Crippen LogP contribution in [0.15, 0.2) is 24.3 Å². The molecule has 1 N–H and O–H groups in total. The molecule has 2 heterocycles. The first-order chi connectivity index (χ1) is 9.16. The van der Waals surface area contributed by atoms with Crippen molar-refractivity contribution in [3.63, 3.8) is 0 Å². The third-order valence-electron chi connectivity index (χ3n) is 3.56. The quantitative estimate of drug-likeness (QED) is 0.875. The van der Waals surface area contributed by atoms with Gasteiger partial charge in [-0.3, -0.25) is 0 Å². The highest BCUT2D eigenvalue weighted by atomic mass is 16.4. The molecule has 1 aliphatic heterocycles. The van der Waals surface area contributed by atoms with Gasteiger partial charge in [0.2, 0.25) is 5.95 Å². The average molecular weight is 258 g/mol. The molecule has 1 aromatic carbocycles. The Kier molecular flexibility index (Phi) is 2.77. The van der Waals surface area contributed by atoms with Crippen molar-refractivity contribution in [2.75, 3.05) is 11.4 Å². The first-order valence-corrected chi connectivity index (χ1v) is 6.26. The molecule has 2 aromatic rings. The summed E-state index contributed by atoms with van der Waals surface area (Å²) >= 11 is 0. The molecular weight excluding hydrogens is 244 g/mol. The number of carboxylic acids is 1. The number of carboxylic acid groups (broad SMARTS) is 1. The van der Waals surface area contributed by atoms with Crippen molar-refractivity contribution in [3.8, 4) is 0 Å². The molecule has 0 saturated carbocycles. The first kappa shape index (κ1) is 11.8. The number of rotatable bonds is 2. The maximum absolute atomic E-state index is 11.3. The minimum atomic E-state index is -0.832. The summed E-state index contributed by atoms with van der Waals surface area (Å²) in [6, 6.07) is 6.87. The summed E-state index contributed by atoms with van der Waals surface area (Å²) in [5.41, 5.74) is 1.45. The van der Waals surface area contributed by atoms with Crippen LogP contribution in [-0.4, -0.2) is 38.8 Å². The molecule has 1 fully saturated rings. The van der Waals surface area contributed by atoms with Gasteiger partial charge in [-0.05, 0) is 24.5 Å². The number of para-hydroxylation sites is 1. The lowest BCUT2D eigenvalue weighted by Crippen LogP contribution is -2.40. The van der Waals surface area contributed by atoms with E-state index in [1.165, 1.54) is 0 Å². The fraction of sp³-hybridized carbons (Fsp3) is 0.385. The van der Waals surface area contributed by atoms with E-state index in [1.54, 1.807) is 4.90 Å². The van der Waals surface area contributed by atoms with Gasteiger partial charge in [-0.1, -0.05) is 19.1 Å². The molecule has 1 aliphatic rings. The number of hydrogen-bond donors (Lipinski definition) is 1. The molecule has 2 unspecified atom stereocenters. The molecule has 2 atom stereocenters. The van der Waals surface area contributed by atoms with Crippen LogP contribution in [0.4, 0.5) is 5.95 Å². The number of nitrogens with zero attached hydrogens (tertiary/aromatic N) is 4. The van der Waals surface area contributed by atoms with Crippen LogP contribution >= 0.6 is 0 Å². The number of hydrogen-bond acceptors (Lipinski definition) is 5. The number of anilines is 1. The molecule has 98 valence electrons. The Bertz CT molecular complexity index is 631. The number of benzene rings is 1. The lowest BCUT2D eigenvalue weighted by atomic mass is 10.0. The van der Waals surface area contributed by atoms with Crippen molar-refractivity contribution in [1.82, 2.24) is 15.2 Å². The second-order valence-electron chi connectivity index (χ2n) is 4.84. The van der Waals surface area contributed by atoms with Crippen molar-refractivity contribution in [2.45, 2.75) is 19.4 Å². The summed E-state index contributed by atoms with van der Waals surface area (Å²) in [5.74, 6) is -0.343. The lowest BCUT2D eigenvalue weighted by molar-refractivity contribution is -0.139. The highest BCUT2D eigenvalue weighted by Crippen LogP contribution is 2.27. The highest BCUT2D eigenvalue weighted by Gasteiger charge is 2.38. The van der Waals surface area contributed by atoms with Crippen LogP contribution in [0, 0.1) is 5.92 Å². The zero-order chi connectivity index (χ0) is 13.4. The molecule has 3 rings (SSSR count). The molecular formula is C13H14N4O2. The third-order valence-corrected chi connectivity index (χ3v) is 3.56. The van der Waals surface area contributed by atoms with E-state index < -0.39 is 12.0 Å². The SMILES string of the molecule is CC1CCN(c2nnc3ccccc3n2)C1C(=O)O. The number of fused-ring (bicyclic) bond motifs is 1. The van der Waals surface area contributed by atoms with Gasteiger partial charge in [0.15, 0.2) is 0 Å². The van der Waals surface area contributed by atoms with Crippen LogP contribution in [0.5, 0.6) is 0 Å². The fourth-order valence-electron chi connectivity index (χ4n) is 2.54. The van der Waals surface area contributed by atoms with E-state index in [9.17, 15) is 9.90 Å². The third kappa shape index (κ3) is 1.99. The maximum atomic E-state index is 11.3. The molecule has 0 aliphatic carbocycles. The highest BCUT2D eigenvalue weighted by molar-refractivity contribution is 5.79. The normalized spacial score (nSPS) is 22.9. The Balaban J connectivity index is 2.01. The summed E-state index contributed by atoms with van der Waals surface area (Å²) in [4.78, 5) is 17.5. The van der Waals surface area contributed by atoms with E-state index in [2.05, 4.69) is 15.2 Å². The summed E-state index contributed by atoms with van der Waals surface area (Å²) in [7, 11) is 0. The van der Waals surface area contributed by atoms with E-state index in [-0.39, 0.29) is 5.92 Å². The molecule has 0 spiro atoms. The van der Waals surface area contributed by atoms with Crippen LogP contribution in [0.25, 0.3) is 11.0 Å². The van der Waals surface area contributed by atoms with Crippen LogP contribution in [0.1, 0.15) is 13.3 Å². The van der Waals surface area contributed by atoms with Gasteiger partial charge in [0, 0.05) is 6.54 Å². The predicted octanol–water partition coefficient (Wildman–Crippen LogP) is 1.32. The molecule has 0 amide bonds. The summed E-state index contributed by atoms with van der Waals surface area (Å²) < 4.78 is 0. The van der Waals surface area contributed by atoms with Crippen molar-refractivity contribution in [3.05, 3.63) is 24.3 Å². The molecule has 0 radical (unpaired) electrons. The summed E-state index contributed by atoms with van der Waals surface area (Å²) in [5, 5.41) is 17.5. The number of carbonyl (C=O) groups is 1. The standard InChI is InChI=1S/C13H14N4O2/c1-8-6-7-17(11(8)12(18)19)13-14-9-4-2-3-5-10(9)15-16-13/h2-5,8,11H,6-7H2,1H3,(H,18,19). The van der Waals surface area contributed by atoms with Crippen molar-refractivity contribution in [1.29, 1.82) is 0 Å². The molecule has 19 heavy (non-hydrogen) atoms. The van der Waals surface area contributed by atoms with E-state index in [1.807, 2.05) is 31.2 Å². The van der Waals surface area contributed by atoms with E-state index in [0.29, 0.717) is 18.0 Å². The minimum absolute atomic E-state index is 0.0903. The topological polar surface area (TPSA) is 79.2 Å². The van der Waals surface area contributed by atoms with E-state index in [0.717, 1.165) is 11.9 Å². The van der Waals surface area contributed by atoms with Crippen LogP contribution < -0.4 is 4.90 Å². The van der Waals surface area contributed by atoms with Gasteiger partial charge in [-0.2, -0.15) is 0 Å². The zero-order valence-corrected chi connectivity index (χ0v) is 10.5. The van der Waals surface area contributed by atoms with Crippen molar-refractivity contribution < 1.29 is 9.90 Å². The van der Waals surface area contributed by atoms with Crippen LogP contribution in [0.2, 0.25) is 0 Å². The molecule has 6 heteroatoms. The van der Waals surface area contributed by atoms with Gasteiger partial charge in [-0.25, -0.2) is 9.78 Å². The minimum Gasteiger partial charge on any atom is -0.480 e. The second-order valence-corrected chi connectivity index (χ2v) is 4.84. The number of aromatic nitrogens is 3. The van der Waals surface area contributed by atoms with Gasteiger partial charge in [0.05, 0.1) is 5.52 Å². The van der Waals surface area contributed by atoms with Gasteiger partial charge in [0.25, 0.3) is 0 Å².